The maximum Gasteiger partial charge on any atom is 0.313 e. The van der Waals surface area contributed by atoms with Crippen molar-refractivity contribution in [1.29, 1.82) is 0 Å². The van der Waals surface area contributed by atoms with Gasteiger partial charge in [-0.15, -0.1) is 0 Å². The Morgan fingerprint density at radius 3 is 2.50 bits per heavy atom. The van der Waals surface area contributed by atoms with Gasteiger partial charge >= 0.3 is 11.8 Å². The predicted molar refractivity (Wildman–Crippen MR) is 110 cm³/mol. The molecule has 0 unspecified atom stereocenters. The number of nitrogens with zero attached hydrogens (tertiary/aromatic N) is 3. The molecule has 0 aliphatic heterocycles. The van der Waals surface area contributed by atoms with Crippen molar-refractivity contribution >= 4 is 23.4 Å². The number of hydrogen-bond acceptors (Lipinski definition) is 5. The monoisotopic (exact) mass is 406 g/mol. The molecule has 3 rings (SSSR count). The van der Waals surface area contributed by atoms with E-state index in [0.29, 0.717) is 6.54 Å². The first-order valence-corrected chi connectivity index (χ1v) is 9.28. The van der Waals surface area contributed by atoms with E-state index in [4.69, 9.17) is 0 Å². The summed E-state index contributed by atoms with van der Waals surface area (Å²) in [5.41, 5.74) is 2.93. The third kappa shape index (κ3) is 5.28. The van der Waals surface area contributed by atoms with Crippen LogP contribution in [0, 0.1) is 6.92 Å². The maximum atomic E-state index is 12.5. The molecule has 0 saturated carbocycles. The number of carbonyl (C=O) groups is 3. The average molecular weight is 406 g/mol. The Balaban J connectivity index is 1.60. The van der Waals surface area contributed by atoms with Crippen LogP contribution >= 0.6 is 0 Å². The Morgan fingerprint density at radius 2 is 1.80 bits per heavy atom. The molecule has 3 amide bonds. The molecule has 2 aromatic heterocycles. The topological polar surface area (TPSA) is 118 Å². The van der Waals surface area contributed by atoms with Crippen molar-refractivity contribution in [3.8, 4) is 0 Å². The van der Waals surface area contributed by atoms with Gasteiger partial charge in [-0.25, -0.2) is 0 Å². The van der Waals surface area contributed by atoms with E-state index in [1.54, 1.807) is 60.7 Å². The summed E-state index contributed by atoms with van der Waals surface area (Å²) < 4.78 is 1.64. The smallest absolute Gasteiger partial charge is 0.313 e. The highest BCUT2D eigenvalue weighted by Gasteiger charge is 2.18. The van der Waals surface area contributed by atoms with Gasteiger partial charge in [-0.2, -0.15) is 5.10 Å². The molecule has 0 saturated heterocycles. The second kappa shape index (κ2) is 9.46. The highest BCUT2D eigenvalue weighted by Crippen LogP contribution is 2.15. The minimum Gasteiger partial charge on any atom is -0.348 e. The average Bonchev–Trinajstić information content (AvgIpc) is 3.08. The van der Waals surface area contributed by atoms with Crippen LogP contribution in [0.3, 0.4) is 0 Å². The quantitative estimate of drug-likeness (QED) is 0.534. The summed E-state index contributed by atoms with van der Waals surface area (Å²) in [6.07, 6.45) is 5.08. The highest BCUT2D eigenvalue weighted by atomic mass is 16.2. The van der Waals surface area contributed by atoms with Gasteiger partial charge in [0.05, 0.1) is 16.9 Å². The summed E-state index contributed by atoms with van der Waals surface area (Å²) in [6.45, 7) is 2.29. The number of aromatic nitrogens is 3. The van der Waals surface area contributed by atoms with Gasteiger partial charge in [0.25, 0.3) is 5.91 Å². The first-order valence-electron chi connectivity index (χ1n) is 9.28. The van der Waals surface area contributed by atoms with Crippen molar-refractivity contribution in [2.75, 3.05) is 5.32 Å². The fourth-order valence-corrected chi connectivity index (χ4v) is 2.83. The number of amides is 3. The number of nitrogens with one attached hydrogen (secondary N) is 3. The molecular formula is C21H22N6O3. The lowest BCUT2D eigenvalue weighted by Gasteiger charge is -2.11. The molecule has 1 aromatic carbocycles. The lowest BCUT2D eigenvalue weighted by atomic mass is 10.1. The Labute approximate surface area is 173 Å². The van der Waals surface area contributed by atoms with Crippen LogP contribution in [0.1, 0.15) is 27.2 Å². The largest absolute Gasteiger partial charge is 0.348 e. The minimum atomic E-state index is -0.857. The zero-order valence-electron chi connectivity index (χ0n) is 16.7. The van der Waals surface area contributed by atoms with E-state index in [9.17, 15) is 14.4 Å². The summed E-state index contributed by atoms with van der Waals surface area (Å²) in [4.78, 5) is 41.0. The van der Waals surface area contributed by atoms with Crippen molar-refractivity contribution < 1.29 is 14.4 Å². The summed E-state index contributed by atoms with van der Waals surface area (Å²) in [7, 11) is 1.78. The number of rotatable bonds is 6. The Hall–Kier alpha value is -4.01. The van der Waals surface area contributed by atoms with Crippen molar-refractivity contribution in [3.05, 3.63) is 77.4 Å². The molecule has 0 aliphatic rings. The predicted octanol–water partition coefficient (Wildman–Crippen LogP) is 1.31. The molecule has 0 bridgehead atoms. The SMILES string of the molecule is Cc1nn(C)cc1CNC(=O)C(=O)Nc1ccccc1C(=O)NCc1cccnc1. The Morgan fingerprint density at radius 1 is 1.00 bits per heavy atom. The number of hydrogen-bond donors (Lipinski definition) is 3. The van der Waals surface area contributed by atoms with Crippen molar-refractivity contribution in [3.63, 3.8) is 0 Å². The molecule has 3 N–H and O–H groups in total. The third-order valence-corrected chi connectivity index (χ3v) is 4.36. The summed E-state index contributed by atoms with van der Waals surface area (Å²) in [5, 5.41) is 12.0. The van der Waals surface area contributed by atoms with Crippen LogP contribution < -0.4 is 16.0 Å². The van der Waals surface area contributed by atoms with Crippen LogP contribution in [-0.2, 0) is 29.7 Å². The normalized spacial score (nSPS) is 10.3. The second-order valence-corrected chi connectivity index (χ2v) is 6.64. The van der Waals surface area contributed by atoms with Crippen LogP contribution in [0.5, 0.6) is 0 Å². The molecule has 9 heteroatoms. The number of benzene rings is 1. The summed E-state index contributed by atoms with van der Waals surface area (Å²) in [5.74, 6) is -2.03. The van der Waals surface area contributed by atoms with Crippen LogP contribution in [0.2, 0.25) is 0 Å². The van der Waals surface area contributed by atoms with E-state index in [-0.39, 0.29) is 23.7 Å². The molecule has 0 radical (unpaired) electrons. The van der Waals surface area contributed by atoms with Gasteiger partial charge in [-0.05, 0) is 30.7 Å². The molecule has 0 aliphatic carbocycles. The second-order valence-electron chi connectivity index (χ2n) is 6.64. The molecule has 0 fully saturated rings. The standard InChI is InChI=1S/C21H22N6O3/c1-14-16(13-27(2)26-14)12-24-20(29)21(30)25-18-8-4-3-7-17(18)19(28)23-11-15-6-5-9-22-10-15/h3-10,13H,11-12H2,1-2H3,(H,23,28)(H,24,29)(H,25,30). The van der Waals surface area contributed by atoms with Crippen LogP contribution in [0.15, 0.2) is 55.0 Å². The van der Waals surface area contributed by atoms with Gasteiger partial charge in [0.1, 0.15) is 0 Å². The van der Waals surface area contributed by atoms with Gasteiger partial charge < -0.3 is 16.0 Å². The lowest BCUT2D eigenvalue weighted by Crippen LogP contribution is -2.35. The highest BCUT2D eigenvalue weighted by molar-refractivity contribution is 6.40. The first kappa shape index (κ1) is 20.7. The van der Waals surface area contributed by atoms with E-state index in [0.717, 1.165) is 16.8 Å². The Kier molecular flexibility index (Phi) is 6.53. The zero-order chi connectivity index (χ0) is 21.5. The summed E-state index contributed by atoms with van der Waals surface area (Å²) in [6, 6.07) is 10.1. The van der Waals surface area contributed by atoms with E-state index in [2.05, 4.69) is 26.0 Å². The van der Waals surface area contributed by atoms with Crippen LogP contribution in [-0.4, -0.2) is 32.5 Å². The number of carbonyl (C=O) groups excluding carboxylic acids is 3. The first-order chi connectivity index (χ1) is 14.4. The lowest BCUT2D eigenvalue weighted by molar-refractivity contribution is -0.136. The fraction of sp³-hybridized carbons (Fsp3) is 0.190. The molecule has 30 heavy (non-hydrogen) atoms. The maximum absolute atomic E-state index is 12.5. The molecule has 2 heterocycles. The van der Waals surface area contributed by atoms with Gasteiger partial charge in [-0.1, -0.05) is 18.2 Å². The van der Waals surface area contributed by atoms with Gasteiger partial charge in [0.15, 0.2) is 0 Å². The molecule has 0 atom stereocenters. The van der Waals surface area contributed by atoms with Gasteiger partial charge in [0, 0.05) is 44.3 Å². The van der Waals surface area contributed by atoms with Crippen molar-refractivity contribution in [1.82, 2.24) is 25.4 Å². The van der Waals surface area contributed by atoms with E-state index >= 15 is 0 Å². The number of pyridine rings is 1. The van der Waals surface area contributed by atoms with Crippen LogP contribution in [0.4, 0.5) is 5.69 Å². The fourth-order valence-electron chi connectivity index (χ4n) is 2.83. The zero-order valence-corrected chi connectivity index (χ0v) is 16.7. The van der Waals surface area contributed by atoms with E-state index < -0.39 is 11.8 Å². The van der Waals surface area contributed by atoms with Gasteiger partial charge in [-0.3, -0.25) is 24.0 Å². The van der Waals surface area contributed by atoms with E-state index in [1.165, 1.54) is 0 Å². The van der Waals surface area contributed by atoms with E-state index in [1.807, 2.05) is 13.0 Å². The Bertz CT molecular complexity index is 1060. The molecule has 0 spiro atoms. The number of aryl methyl sites for hydroxylation is 2. The molecule has 3 aromatic rings. The third-order valence-electron chi connectivity index (χ3n) is 4.36. The number of para-hydroxylation sites is 1. The molecule has 154 valence electrons. The number of anilines is 1. The molecular weight excluding hydrogens is 384 g/mol. The summed E-state index contributed by atoms with van der Waals surface area (Å²) >= 11 is 0. The van der Waals surface area contributed by atoms with Crippen LogP contribution in [0.25, 0.3) is 0 Å². The van der Waals surface area contributed by atoms with Crippen molar-refractivity contribution in [2.24, 2.45) is 7.05 Å². The molecule has 9 nitrogen and oxygen atoms in total. The minimum absolute atomic E-state index is 0.180. The van der Waals surface area contributed by atoms with Gasteiger partial charge in [0.2, 0.25) is 0 Å². The van der Waals surface area contributed by atoms with Crippen molar-refractivity contribution in [2.45, 2.75) is 20.0 Å².